The molecule has 0 fully saturated rings. The Labute approximate surface area is 174 Å². The predicted molar refractivity (Wildman–Crippen MR) is 109 cm³/mol. The number of thioether (sulfide) groups is 1. The summed E-state index contributed by atoms with van der Waals surface area (Å²) in [6.45, 7) is 0. The number of aromatic nitrogens is 2. The highest BCUT2D eigenvalue weighted by Gasteiger charge is 2.17. The molecule has 2 aromatic heterocycles. The van der Waals surface area contributed by atoms with Crippen molar-refractivity contribution in [2.24, 2.45) is 0 Å². The molecule has 0 aliphatic carbocycles. The topological polar surface area (TPSA) is 69.1 Å². The van der Waals surface area contributed by atoms with E-state index in [1.807, 2.05) is 30.3 Å². The SMILES string of the molecule is O=C(CSc1nnc(-c2ccccc2)o1)c1ccc(-c2cc(Cl)ccc2Cl)o1. The van der Waals surface area contributed by atoms with Crippen molar-refractivity contribution >= 4 is 40.7 Å². The minimum atomic E-state index is -0.200. The Morgan fingerprint density at radius 2 is 1.79 bits per heavy atom. The molecule has 0 spiro atoms. The zero-order valence-electron chi connectivity index (χ0n) is 14.3. The number of benzene rings is 2. The van der Waals surface area contributed by atoms with E-state index in [0.717, 1.165) is 17.3 Å². The van der Waals surface area contributed by atoms with Crippen LogP contribution in [0.25, 0.3) is 22.8 Å². The number of ketones is 1. The van der Waals surface area contributed by atoms with Crippen LogP contribution in [-0.2, 0) is 0 Å². The Hall–Kier alpha value is -2.54. The molecule has 0 aliphatic rings. The number of hydrogen-bond donors (Lipinski definition) is 0. The average molecular weight is 431 g/mol. The molecule has 4 rings (SSSR count). The summed E-state index contributed by atoms with van der Waals surface area (Å²) in [7, 11) is 0. The lowest BCUT2D eigenvalue weighted by Crippen LogP contribution is -2.00. The summed E-state index contributed by atoms with van der Waals surface area (Å²) in [6, 6.07) is 17.8. The third-order valence-electron chi connectivity index (χ3n) is 3.83. The lowest BCUT2D eigenvalue weighted by Gasteiger charge is -2.01. The third kappa shape index (κ3) is 4.14. The van der Waals surface area contributed by atoms with E-state index >= 15 is 0 Å². The summed E-state index contributed by atoms with van der Waals surface area (Å²) >= 11 is 13.3. The average Bonchev–Trinajstić information content (AvgIpc) is 3.38. The van der Waals surface area contributed by atoms with Gasteiger partial charge in [-0.25, -0.2) is 0 Å². The number of nitrogens with zero attached hydrogens (tertiary/aromatic N) is 2. The lowest BCUT2D eigenvalue weighted by atomic mass is 10.2. The highest BCUT2D eigenvalue weighted by molar-refractivity contribution is 7.99. The molecule has 2 aromatic carbocycles. The summed E-state index contributed by atoms with van der Waals surface area (Å²) in [5, 5.41) is 9.30. The predicted octanol–water partition coefficient (Wildman–Crippen LogP) is 6.28. The van der Waals surface area contributed by atoms with E-state index < -0.39 is 0 Å². The minimum Gasteiger partial charge on any atom is -0.453 e. The normalized spacial score (nSPS) is 10.9. The summed E-state index contributed by atoms with van der Waals surface area (Å²) in [5.74, 6) is 1.01. The largest absolute Gasteiger partial charge is 0.453 e. The third-order valence-corrected chi connectivity index (χ3v) is 5.21. The van der Waals surface area contributed by atoms with Gasteiger partial charge < -0.3 is 8.83 Å². The van der Waals surface area contributed by atoms with Gasteiger partial charge in [-0.05, 0) is 42.5 Å². The van der Waals surface area contributed by atoms with Gasteiger partial charge in [0.15, 0.2) is 5.76 Å². The number of rotatable bonds is 6. The molecule has 8 heteroatoms. The Kier molecular flexibility index (Phi) is 5.52. The van der Waals surface area contributed by atoms with Gasteiger partial charge in [0.1, 0.15) is 5.76 Å². The fourth-order valence-corrected chi connectivity index (χ4v) is 3.50. The first-order valence-corrected chi connectivity index (χ1v) is 9.94. The summed E-state index contributed by atoms with van der Waals surface area (Å²) in [4.78, 5) is 12.4. The van der Waals surface area contributed by atoms with Crippen LogP contribution in [0, 0.1) is 0 Å². The maximum Gasteiger partial charge on any atom is 0.277 e. The van der Waals surface area contributed by atoms with Crippen LogP contribution in [0.15, 0.2) is 74.7 Å². The van der Waals surface area contributed by atoms with Crippen molar-refractivity contribution in [3.8, 4) is 22.8 Å². The van der Waals surface area contributed by atoms with Gasteiger partial charge in [0.05, 0.1) is 10.8 Å². The quantitative estimate of drug-likeness (QED) is 0.264. The standard InChI is InChI=1S/C20H12Cl2N2O3S/c21-13-6-7-15(22)14(10-13)17-8-9-18(26-17)16(25)11-28-20-24-23-19(27-20)12-4-2-1-3-5-12/h1-10H,11H2. The van der Waals surface area contributed by atoms with E-state index in [1.54, 1.807) is 30.3 Å². The van der Waals surface area contributed by atoms with Gasteiger partial charge in [0.2, 0.25) is 11.7 Å². The molecular formula is C20H12Cl2N2O3S. The second kappa shape index (κ2) is 8.22. The van der Waals surface area contributed by atoms with Crippen molar-refractivity contribution in [1.29, 1.82) is 0 Å². The maximum absolute atomic E-state index is 12.4. The minimum absolute atomic E-state index is 0.104. The zero-order chi connectivity index (χ0) is 19.5. The molecule has 5 nitrogen and oxygen atoms in total. The Morgan fingerprint density at radius 1 is 0.964 bits per heavy atom. The molecule has 0 N–H and O–H groups in total. The number of carbonyl (C=O) groups excluding carboxylic acids is 1. The molecule has 0 atom stereocenters. The molecule has 0 aliphatic heterocycles. The van der Waals surface area contributed by atoms with Crippen LogP contribution in [0.2, 0.25) is 10.0 Å². The van der Waals surface area contributed by atoms with Crippen LogP contribution in [0.4, 0.5) is 0 Å². The number of furan rings is 1. The Morgan fingerprint density at radius 3 is 2.61 bits per heavy atom. The Balaban J connectivity index is 1.43. The van der Waals surface area contributed by atoms with Crippen LogP contribution in [-0.4, -0.2) is 21.7 Å². The van der Waals surface area contributed by atoms with Crippen LogP contribution in [0.5, 0.6) is 0 Å². The van der Waals surface area contributed by atoms with Crippen molar-refractivity contribution < 1.29 is 13.6 Å². The smallest absolute Gasteiger partial charge is 0.277 e. The summed E-state index contributed by atoms with van der Waals surface area (Å²) < 4.78 is 11.2. The highest BCUT2D eigenvalue weighted by Crippen LogP contribution is 2.32. The van der Waals surface area contributed by atoms with Crippen molar-refractivity contribution in [2.75, 3.05) is 5.75 Å². The van der Waals surface area contributed by atoms with E-state index in [-0.39, 0.29) is 17.3 Å². The Bertz CT molecular complexity index is 1130. The number of halogens is 2. The van der Waals surface area contributed by atoms with E-state index in [4.69, 9.17) is 32.0 Å². The molecule has 28 heavy (non-hydrogen) atoms. The fraction of sp³-hybridized carbons (Fsp3) is 0.0500. The van der Waals surface area contributed by atoms with Gasteiger partial charge >= 0.3 is 0 Å². The van der Waals surface area contributed by atoms with E-state index in [2.05, 4.69) is 10.2 Å². The molecule has 140 valence electrons. The number of hydrogen-bond acceptors (Lipinski definition) is 6. The van der Waals surface area contributed by atoms with Crippen molar-refractivity contribution in [2.45, 2.75) is 5.22 Å². The van der Waals surface area contributed by atoms with E-state index in [9.17, 15) is 4.79 Å². The van der Waals surface area contributed by atoms with Crippen molar-refractivity contribution in [1.82, 2.24) is 10.2 Å². The maximum atomic E-state index is 12.4. The van der Waals surface area contributed by atoms with Crippen LogP contribution < -0.4 is 0 Å². The van der Waals surface area contributed by atoms with Gasteiger partial charge in [-0.15, -0.1) is 10.2 Å². The highest BCUT2D eigenvalue weighted by atomic mass is 35.5. The van der Waals surface area contributed by atoms with Gasteiger partial charge in [0.25, 0.3) is 5.22 Å². The van der Waals surface area contributed by atoms with Crippen LogP contribution in [0.1, 0.15) is 10.6 Å². The summed E-state index contributed by atoms with van der Waals surface area (Å²) in [5.41, 5.74) is 1.45. The van der Waals surface area contributed by atoms with Crippen LogP contribution >= 0.6 is 35.0 Å². The van der Waals surface area contributed by atoms with Crippen LogP contribution in [0.3, 0.4) is 0 Å². The molecule has 0 amide bonds. The first-order chi connectivity index (χ1) is 13.6. The molecule has 4 aromatic rings. The molecule has 0 saturated heterocycles. The second-order valence-electron chi connectivity index (χ2n) is 5.74. The first-order valence-electron chi connectivity index (χ1n) is 8.20. The fourth-order valence-electron chi connectivity index (χ4n) is 2.48. The molecular weight excluding hydrogens is 419 g/mol. The second-order valence-corrected chi connectivity index (χ2v) is 7.51. The molecule has 0 bridgehead atoms. The van der Waals surface area contributed by atoms with Gasteiger partial charge in [-0.3, -0.25) is 4.79 Å². The molecule has 0 saturated carbocycles. The van der Waals surface area contributed by atoms with Gasteiger partial charge in [-0.2, -0.15) is 0 Å². The van der Waals surface area contributed by atoms with Crippen molar-refractivity contribution in [3.05, 3.63) is 76.5 Å². The van der Waals surface area contributed by atoms with Crippen molar-refractivity contribution in [3.63, 3.8) is 0 Å². The molecule has 0 unspecified atom stereocenters. The number of carbonyl (C=O) groups is 1. The monoisotopic (exact) mass is 430 g/mol. The zero-order valence-corrected chi connectivity index (χ0v) is 16.6. The van der Waals surface area contributed by atoms with Gasteiger partial charge in [-0.1, -0.05) is 53.2 Å². The number of Topliss-reactive ketones (excluding diaryl/α,β-unsaturated/α-hetero) is 1. The molecule has 2 heterocycles. The van der Waals surface area contributed by atoms with Gasteiger partial charge in [0, 0.05) is 16.1 Å². The lowest BCUT2D eigenvalue weighted by molar-refractivity contribution is 0.0992. The molecule has 0 radical (unpaired) electrons. The van der Waals surface area contributed by atoms with E-state index in [0.29, 0.717) is 32.5 Å². The van der Waals surface area contributed by atoms with E-state index in [1.165, 1.54) is 0 Å². The first kappa shape index (κ1) is 18.8. The summed E-state index contributed by atoms with van der Waals surface area (Å²) in [6.07, 6.45) is 0.